The molecule has 0 spiro atoms. The zero-order valence-electron chi connectivity index (χ0n) is 14.8. The molecule has 0 aromatic carbocycles. The van der Waals surface area contributed by atoms with Crippen LogP contribution >= 0.6 is 0 Å². The Kier molecular flexibility index (Phi) is 3.33. The number of nitrogens with zero attached hydrogens (tertiary/aromatic N) is 1. The lowest BCUT2D eigenvalue weighted by Crippen LogP contribution is -2.41. The number of rotatable bonds is 1. The summed E-state index contributed by atoms with van der Waals surface area (Å²) in [5.74, 6) is 1.15. The van der Waals surface area contributed by atoms with Crippen LogP contribution in [0.3, 0.4) is 0 Å². The van der Waals surface area contributed by atoms with Gasteiger partial charge in [0, 0.05) is 43.0 Å². The van der Waals surface area contributed by atoms with E-state index in [0.29, 0.717) is 12.8 Å². The molecular formula is C22H21NO3. The molecule has 4 nitrogen and oxygen atoms in total. The van der Waals surface area contributed by atoms with Crippen molar-refractivity contribution in [3.8, 4) is 0 Å². The van der Waals surface area contributed by atoms with Gasteiger partial charge in [0.2, 0.25) is 0 Å². The summed E-state index contributed by atoms with van der Waals surface area (Å²) in [4.78, 5) is 29.4. The van der Waals surface area contributed by atoms with Gasteiger partial charge in [-0.05, 0) is 29.7 Å². The van der Waals surface area contributed by atoms with E-state index in [9.17, 15) is 9.59 Å². The van der Waals surface area contributed by atoms with Crippen LogP contribution in [0, 0.1) is 11.3 Å². The van der Waals surface area contributed by atoms with Crippen molar-refractivity contribution in [3.63, 3.8) is 0 Å². The number of pyridine rings is 1. The lowest BCUT2D eigenvalue weighted by Gasteiger charge is -2.43. The maximum Gasteiger partial charge on any atom is 0.166 e. The van der Waals surface area contributed by atoms with Crippen molar-refractivity contribution in [1.29, 1.82) is 0 Å². The molecule has 4 atom stereocenters. The number of hydrogen-bond donors (Lipinski definition) is 0. The van der Waals surface area contributed by atoms with Crippen molar-refractivity contribution >= 4 is 11.6 Å². The van der Waals surface area contributed by atoms with Gasteiger partial charge in [-0.2, -0.15) is 0 Å². The van der Waals surface area contributed by atoms with Crippen molar-refractivity contribution in [2.75, 3.05) is 0 Å². The zero-order chi connectivity index (χ0) is 17.9. The number of carbonyl (C=O) groups excluding carboxylic acids is 2. The second-order valence-corrected chi connectivity index (χ2v) is 7.99. The van der Waals surface area contributed by atoms with Gasteiger partial charge in [0.1, 0.15) is 17.6 Å². The van der Waals surface area contributed by atoms with Crippen LogP contribution in [-0.2, 0) is 14.3 Å². The highest BCUT2D eigenvalue weighted by Crippen LogP contribution is 2.57. The molecule has 0 amide bonds. The van der Waals surface area contributed by atoms with Crippen molar-refractivity contribution in [2.24, 2.45) is 11.3 Å². The second-order valence-electron chi connectivity index (χ2n) is 7.99. The Morgan fingerprint density at radius 1 is 1.27 bits per heavy atom. The van der Waals surface area contributed by atoms with Crippen LogP contribution in [0.4, 0.5) is 0 Å². The Balaban J connectivity index is 1.57. The number of aromatic nitrogens is 1. The second kappa shape index (κ2) is 5.50. The Hall–Kier alpha value is -2.49. The SMILES string of the molecule is C[C@]12C=CC3=CC4=C(CCCC4=O)O[C@H]3[C@@H]1CC(=O)[C@@H]2c1cccnc1. The lowest BCUT2D eigenvalue weighted by atomic mass is 9.65. The molecule has 0 unspecified atom stereocenters. The highest BCUT2D eigenvalue weighted by molar-refractivity contribution is 6.00. The quantitative estimate of drug-likeness (QED) is 0.778. The third-order valence-electron chi connectivity index (χ3n) is 6.50. The van der Waals surface area contributed by atoms with Crippen LogP contribution in [0.15, 0.2) is 59.7 Å². The number of Topliss-reactive ketones (excluding diaryl/α,β-unsaturated/α-hetero) is 2. The van der Waals surface area contributed by atoms with Crippen molar-refractivity contribution in [3.05, 3.63) is 65.2 Å². The molecule has 26 heavy (non-hydrogen) atoms. The van der Waals surface area contributed by atoms with Crippen LogP contribution in [0.1, 0.15) is 44.1 Å². The molecular weight excluding hydrogens is 326 g/mol. The predicted octanol–water partition coefficient (Wildman–Crippen LogP) is 3.66. The molecule has 0 N–H and O–H groups in total. The summed E-state index contributed by atoms with van der Waals surface area (Å²) in [6.07, 6.45) is 12.4. The molecule has 1 aromatic rings. The molecule has 2 heterocycles. The van der Waals surface area contributed by atoms with E-state index in [1.807, 2.05) is 18.2 Å². The van der Waals surface area contributed by atoms with Gasteiger partial charge >= 0.3 is 0 Å². The van der Waals surface area contributed by atoms with Gasteiger partial charge in [0.25, 0.3) is 0 Å². The van der Waals surface area contributed by atoms with E-state index in [2.05, 4.69) is 24.1 Å². The fraction of sp³-hybridized carbons (Fsp3) is 0.409. The summed E-state index contributed by atoms with van der Waals surface area (Å²) < 4.78 is 6.35. The number of ether oxygens (including phenoxy) is 1. The van der Waals surface area contributed by atoms with Crippen LogP contribution < -0.4 is 0 Å². The predicted molar refractivity (Wildman–Crippen MR) is 96.2 cm³/mol. The first kappa shape index (κ1) is 15.7. The van der Waals surface area contributed by atoms with Crippen LogP contribution in [-0.4, -0.2) is 22.7 Å². The van der Waals surface area contributed by atoms with E-state index in [1.165, 1.54) is 0 Å². The minimum absolute atomic E-state index is 0.0857. The first-order valence-corrected chi connectivity index (χ1v) is 9.34. The highest BCUT2D eigenvalue weighted by Gasteiger charge is 2.57. The Labute approximate surface area is 152 Å². The normalized spacial score (nSPS) is 35.4. The van der Waals surface area contributed by atoms with Gasteiger partial charge < -0.3 is 4.74 Å². The van der Waals surface area contributed by atoms with Crippen molar-refractivity contribution in [1.82, 2.24) is 4.98 Å². The Morgan fingerprint density at radius 2 is 2.15 bits per heavy atom. The Bertz CT molecular complexity index is 895. The molecule has 5 rings (SSSR count). The molecule has 4 heteroatoms. The van der Waals surface area contributed by atoms with Crippen molar-refractivity contribution in [2.45, 2.75) is 44.6 Å². The van der Waals surface area contributed by atoms with E-state index in [4.69, 9.17) is 4.74 Å². The number of allylic oxidation sites excluding steroid dienone is 4. The fourth-order valence-electron chi connectivity index (χ4n) is 5.18. The molecule has 3 aliphatic carbocycles. The maximum absolute atomic E-state index is 13.0. The highest BCUT2D eigenvalue weighted by atomic mass is 16.5. The molecule has 0 saturated heterocycles. The number of hydrogen-bond acceptors (Lipinski definition) is 4. The van der Waals surface area contributed by atoms with Gasteiger partial charge in [0.05, 0.1) is 11.5 Å². The largest absolute Gasteiger partial charge is 0.489 e. The molecule has 4 aliphatic rings. The first-order valence-electron chi connectivity index (χ1n) is 9.34. The molecule has 0 bridgehead atoms. The zero-order valence-corrected chi connectivity index (χ0v) is 14.8. The molecule has 0 radical (unpaired) electrons. The third-order valence-corrected chi connectivity index (χ3v) is 6.50. The van der Waals surface area contributed by atoms with Crippen LogP contribution in [0.25, 0.3) is 0 Å². The average molecular weight is 347 g/mol. The smallest absolute Gasteiger partial charge is 0.166 e. The summed E-state index contributed by atoms with van der Waals surface area (Å²) in [5.41, 5.74) is 2.45. The molecule has 1 fully saturated rings. The maximum atomic E-state index is 13.0. The Morgan fingerprint density at radius 3 is 2.96 bits per heavy atom. The third kappa shape index (κ3) is 2.11. The van der Waals surface area contributed by atoms with E-state index < -0.39 is 0 Å². The standard InChI is InChI=1S/C22H21NO3/c1-22-8-7-13-10-15-17(24)5-2-6-19(15)26-21(13)16(22)11-18(25)20(22)14-4-3-9-23-12-14/h3-4,7-10,12,16,20-21H,2,5-6,11H2,1H3/t16-,20-,21+,22-/m0/s1. The fourth-order valence-corrected chi connectivity index (χ4v) is 5.18. The van der Waals surface area contributed by atoms with Crippen LogP contribution in [0.5, 0.6) is 0 Å². The minimum atomic E-state index is -0.293. The van der Waals surface area contributed by atoms with Gasteiger partial charge in [-0.25, -0.2) is 0 Å². The summed E-state index contributed by atoms with van der Waals surface area (Å²) in [6.45, 7) is 2.16. The number of ketones is 2. The number of carbonyl (C=O) groups is 2. The number of fused-ring (bicyclic) bond motifs is 3. The topological polar surface area (TPSA) is 56.3 Å². The monoisotopic (exact) mass is 347 g/mol. The van der Waals surface area contributed by atoms with E-state index >= 15 is 0 Å². The van der Waals surface area contributed by atoms with E-state index in [1.54, 1.807) is 12.4 Å². The lowest BCUT2D eigenvalue weighted by molar-refractivity contribution is -0.119. The summed E-state index contributed by atoms with van der Waals surface area (Å²) >= 11 is 0. The summed E-state index contributed by atoms with van der Waals surface area (Å²) in [7, 11) is 0. The first-order chi connectivity index (χ1) is 12.6. The van der Waals surface area contributed by atoms with Gasteiger partial charge in [-0.15, -0.1) is 0 Å². The van der Waals surface area contributed by atoms with E-state index in [0.717, 1.165) is 35.3 Å². The molecule has 132 valence electrons. The average Bonchev–Trinajstić information content (AvgIpc) is 2.92. The molecule has 1 aromatic heterocycles. The van der Waals surface area contributed by atoms with Gasteiger partial charge in [-0.3, -0.25) is 14.6 Å². The molecule has 1 aliphatic heterocycles. The molecule has 1 saturated carbocycles. The van der Waals surface area contributed by atoms with Crippen LogP contribution in [0.2, 0.25) is 0 Å². The minimum Gasteiger partial charge on any atom is -0.489 e. The van der Waals surface area contributed by atoms with E-state index in [-0.39, 0.29) is 34.9 Å². The van der Waals surface area contributed by atoms with Crippen molar-refractivity contribution < 1.29 is 14.3 Å². The van der Waals surface area contributed by atoms with Gasteiger partial charge in [-0.1, -0.05) is 25.1 Å². The summed E-state index contributed by atoms with van der Waals surface area (Å²) in [6, 6.07) is 3.88. The van der Waals surface area contributed by atoms with Gasteiger partial charge in [0.15, 0.2) is 5.78 Å². The summed E-state index contributed by atoms with van der Waals surface area (Å²) in [5, 5.41) is 0.